The van der Waals surface area contributed by atoms with Crippen LogP contribution in [0.4, 0.5) is 17.1 Å². The van der Waals surface area contributed by atoms with Gasteiger partial charge in [0.2, 0.25) is 5.75 Å². The summed E-state index contributed by atoms with van der Waals surface area (Å²) in [6.45, 7) is 0. The van der Waals surface area contributed by atoms with Gasteiger partial charge in [-0.1, -0.05) is 18.2 Å². The molecule has 3 rings (SSSR count). The first-order valence-electron chi connectivity index (χ1n) is 8.54. The van der Waals surface area contributed by atoms with E-state index in [0.29, 0.717) is 34.3 Å². The van der Waals surface area contributed by atoms with Gasteiger partial charge >= 0.3 is 0 Å². The molecule has 0 bridgehead atoms. The van der Waals surface area contributed by atoms with Crippen LogP contribution in [0.1, 0.15) is 10.5 Å². The largest absolute Gasteiger partial charge is 0.493 e. The second kappa shape index (κ2) is 8.77. The molecule has 0 aliphatic rings. The summed E-state index contributed by atoms with van der Waals surface area (Å²) in [6, 6.07) is 16.2. The Morgan fingerprint density at radius 2 is 1.50 bits per heavy atom. The van der Waals surface area contributed by atoms with Gasteiger partial charge in [-0.3, -0.25) is 9.78 Å². The molecule has 7 nitrogen and oxygen atoms in total. The van der Waals surface area contributed by atoms with Gasteiger partial charge in [0.25, 0.3) is 5.91 Å². The van der Waals surface area contributed by atoms with Crippen molar-refractivity contribution in [3.05, 3.63) is 66.5 Å². The van der Waals surface area contributed by atoms with Gasteiger partial charge in [-0.05, 0) is 24.3 Å². The van der Waals surface area contributed by atoms with E-state index in [0.717, 1.165) is 5.69 Å². The van der Waals surface area contributed by atoms with Crippen molar-refractivity contribution in [1.29, 1.82) is 0 Å². The van der Waals surface area contributed by atoms with E-state index in [4.69, 9.17) is 14.2 Å². The molecule has 2 N–H and O–H groups in total. The highest BCUT2D eigenvalue weighted by Crippen LogP contribution is 2.40. The predicted octanol–water partition coefficient (Wildman–Crippen LogP) is 4.10. The number of rotatable bonds is 7. The van der Waals surface area contributed by atoms with E-state index in [1.54, 1.807) is 51.8 Å². The smallest absolute Gasteiger partial charge is 0.274 e. The number of anilines is 3. The van der Waals surface area contributed by atoms with Crippen molar-refractivity contribution in [2.75, 3.05) is 32.0 Å². The number of nitrogens with zero attached hydrogens (tertiary/aromatic N) is 1. The summed E-state index contributed by atoms with van der Waals surface area (Å²) in [5, 5.41) is 6.04. The topological polar surface area (TPSA) is 81.7 Å². The van der Waals surface area contributed by atoms with E-state index >= 15 is 0 Å². The minimum atomic E-state index is -0.292. The second-order valence-corrected chi connectivity index (χ2v) is 5.79. The first-order chi connectivity index (χ1) is 13.6. The molecule has 0 atom stereocenters. The van der Waals surface area contributed by atoms with Crippen LogP contribution in [0.5, 0.6) is 17.2 Å². The normalized spacial score (nSPS) is 10.1. The summed E-state index contributed by atoms with van der Waals surface area (Å²) >= 11 is 0. The van der Waals surface area contributed by atoms with Gasteiger partial charge in [0.15, 0.2) is 11.5 Å². The highest BCUT2D eigenvalue weighted by Gasteiger charge is 2.14. The maximum Gasteiger partial charge on any atom is 0.274 e. The fraction of sp³-hybridized carbons (Fsp3) is 0.143. The summed E-state index contributed by atoms with van der Waals surface area (Å²) in [5.41, 5.74) is 2.41. The Morgan fingerprint density at radius 3 is 2.11 bits per heavy atom. The molecule has 1 heterocycles. The van der Waals surface area contributed by atoms with Crippen molar-refractivity contribution >= 4 is 23.0 Å². The van der Waals surface area contributed by atoms with Gasteiger partial charge in [-0.2, -0.15) is 0 Å². The maximum atomic E-state index is 12.4. The van der Waals surface area contributed by atoms with Crippen LogP contribution in [-0.2, 0) is 0 Å². The summed E-state index contributed by atoms with van der Waals surface area (Å²) in [4.78, 5) is 16.6. The van der Waals surface area contributed by atoms with Crippen molar-refractivity contribution in [2.24, 2.45) is 0 Å². The summed E-state index contributed by atoms with van der Waals surface area (Å²) in [7, 11) is 4.66. The Balaban J connectivity index is 1.82. The molecule has 0 aliphatic carbocycles. The number of methoxy groups -OCH3 is 3. The van der Waals surface area contributed by atoms with Crippen LogP contribution in [0.3, 0.4) is 0 Å². The number of pyridine rings is 1. The third kappa shape index (κ3) is 4.32. The van der Waals surface area contributed by atoms with Crippen molar-refractivity contribution in [2.45, 2.75) is 0 Å². The minimum absolute atomic E-state index is 0.292. The lowest BCUT2D eigenvalue weighted by molar-refractivity contribution is 0.102. The number of nitrogens with one attached hydrogen (secondary N) is 2. The molecule has 1 amide bonds. The number of amides is 1. The van der Waals surface area contributed by atoms with Crippen LogP contribution < -0.4 is 24.8 Å². The molecule has 0 radical (unpaired) electrons. The van der Waals surface area contributed by atoms with Crippen molar-refractivity contribution < 1.29 is 19.0 Å². The van der Waals surface area contributed by atoms with Gasteiger partial charge in [0, 0.05) is 35.4 Å². The number of aromatic nitrogens is 1. The molecule has 3 aromatic rings. The van der Waals surface area contributed by atoms with Crippen LogP contribution in [0.25, 0.3) is 0 Å². The van der Waals surface area contributed by atoms with E-state index in [1.165, 1.54) is 0 Å². The molecule has 7 heteroatoms. The fourth-order valence-corrected chi connectivity index (χ4v) is 2.67. The third-order valence-corrected chi connectivity index (χ3v) is 3.98. The average Bonchev–Trinajstić information content (AvgIpc) is 2.73. The zero-order valence-corrected chi connectivity index (χ0v) is 15.9. The Labute approximate surface area is 163 Å². The van der Waals surface area contributed by atoms with Gasteiger partial charge in [0.05, 0.1) is 21.3 Å². The van der Waals surface area contributed by atoms with Crippen molar-refractivity contribution in [3.63, 3.8) is 0 Å². The second-order valence-electron chi connectivity index (χ2n) is 5.79. The summed E-state index contributed by atoms with van der Waals surface area (Å²) < 4.78 is 16.1. The Hall–Kier alpha value is -3.74. The monoisotopic (exact) mass is 379 g/mol. The molecule has 0 spiro atoms. The lowest BCUT2D eigenvalue weighted by Gasteiger charge is -2.15. The molecule has 1 aromatic heterocycles. The van der Waals surface area contributed by atoms with Crippen molar-refractivity contribution in [3.8, 4) is 17.2 Å². The number of hydrogen-bond acceptors (Lipinski definition) is 6. The molecule has 144 valence electrons. The Bertz CT molecular complexity index is 936. The Kier molecular flexibility index (Phi) is 5.96. The predicted molar refractivity (Wildman–Crippen MR) is 108 cm³/mol. The highest BCUT2D eigenvalue weighted by atomic mass is 16.5. The highest BCUT2D eigenvalue weighted by molar-refractivity contribution is 6.03. The van der Waals surface area contributed by atoms with Crippen LogP contribution in [0.15, 0.2) is 60.8 Å². The standard InChI is InChI=1S/C21H21N3O4/c1-26-18-12-16(13-19(27-2)20(18)28-3)23-15-9-10-22-17(11-15)21(25)24-14-7-5-4-6-8-14/h4-13H,1-3H3,(H,22,23)(H,24,25). The minimum Gasteiger partial charge on any atom is -0.493 e. The molecule has 0 saturated heterocycles. The SMILES string of the molecule is COc1cc(Nc2ccnc(C(=O)Nc3ccccc3)c2)cc(OC)c1OC. The molecule has 0 aliphatic heterocycles. The molecule has 28 heavy (non-hydrogen) atoms. The van der Waals surface area contributed by atoms with E-state index in [9.17, 15) is 4.79 Å². The maximum absolute atomic E-state index is 12.4. The van der Waals surface area contributed by atoms with Gasteiger partial charge in [-0.25, -0.2) is 0 Å². The number of carbonyl (C=O) groups excluding carboxylic acids is 1. The van der Waals surface area contributed by atoms with E-state index < -0.39 is 0 Å². The lowest BCUT2D eigenvalue weighted by Crippen LogP contribution is -2.13. The van der Waals surface area contributed by atoms with E-state index in [2.05, 4.69) is 15.6 Å². The zero-order chi connectivity index (χ0) is 19.9. The van der Waals surface area contributed by atoms with E-state index in [-0.39, 0.29) is 5.91 Å². The fourth-order valence-electron chi connectivity index (χ4n) is 2.67. The number of hydrogen-bond donors (Lipinski definition) is 2. The molecule has 0 fully saturated rings. The van der Waals surface area contributed by atoms with Crippen molar-refractivity contribution in [1.82, 2.24) is 4.98 Å². The molecular weight excluding hydrogens is 358 g/mol. The third-order valence-electron chi connectivity index (χ3n) is 3.98. The number of para-hydroxylation sites is 1. The molecule has 0 unspecified atom stereocenters. The zero-order valence-electron chi connectivity index (χ0n) is 15.9. The average molecular weight is 379 g/mol. The van der Waals surface area contributed by atoms with Crippen LogP contribution in [0.2, 0.25) is 0 Å². The quantitative estimate of drug-likeness (QED) is 0.643. The molecular formula is C21H21N3O4. The summed E-state index contributed by atoms with van der Waals surface area (Å²) in [6.07, 6.45) is 1.57. The lowest BCUT2D eigenvalue weighted by atomic mass is 10.2. The first kappa shape index (κ1) is 19.0. The molecule has 2 aromatic carbocycles. The summed E-state index contributed by atoms with van der Waals surface area (Å²) in [5.74, 6) is 1.27. The van der Waals surface area contributed by atoms with Gasteiger partial charge in [-0.15, -0.1) is 0 Å². The molecule has 0 saturated carbocycles. The van der Waals surface area contributed by atoms with Gasteiger partial charge < -0.3 is 24.8 Å². The van der Waals surface area contributed by atoms with Crippen LogP contribution in [-0.4, -0.2) is 32.2 Å². The van der Waals surface area contributed by atoms with Crippen LogP contribution in [0, 0.1) is 0 Å². The number of benzene rings is 2. The van der Waals surface area contributed by atoms with Crippen LogP contribution >= 0.6 is 0 Å². The first-order valence-corrected chi connectivity index (χ1v) is 8.54. The van der Waals surface area contributed by atoms with E-state index in [1.807, 2.05) is 30.3 Å². The number of ether oxygens (including phenoxy) is 3. The number of carbonyl (C=O) groups is 1. The van der Waals surface area contributed by atoms with Gasteiger partial charge in [0.1, 0.15) is 5.69 Å². The Morgan fingerprint density at radius 1 is 0.821 bits per heavy atom.